The van der Waals surface area contributed by atoms with Gasteiger partial charge in [-0.2, -0.15) is 0 Å². The van der Waals surface area contributed by atoms with Gasteiger partial charge in [-0.05, 0) is 57.8 Å². The van der Waals surface area contributed by atoms with Crippen molar-refractivity contribution in [2.24, 2.45) is 5.92 Å². The maximum absolute atomic E-state index is 12.6. The number of ether oxygens (including phenoxy) is 1. The van der Waals surface area contributed by atoms with Crippen molar-refractivity contribution in [2.75, 3.05) is 25.5 Å². The normalized spacial score (nSPS) is 20.2. The summed E-state index contributed by atoms with van der Waals surface area (Å²) in [5, 5.41) is 6.17. The lowest BCUT2D eigenvalue weighted by Gasteiger charge is -2.35. The van der Waals surface area contributed by atoms with Crippen molar-refractivity contribution in [1.29, 1.82) is 0 Å². The second-order valence-corrected chi connectivity index (χ2v) is 7.67. The van der Waals surface area contributed by atoms with E-state index in [2.05, 4.69) is 15.5 Å². The first-order valence-corrected chi connectivity index (χ1v) is 10.1. The smallest absolute Gasteiger partial charge is 0.237 e. The summed E-state index contributed by atoms with van der Waals surface area (Å²) >= 11 is 0. The number of carbonyl (C=O) groups excluding carboxylic acids is 2. The van der Waals surface area contributed by atoms with Crippen LogP contribution in [0.15, 0.2) is 24.3 Å². The van der Waals surface area contributed by atoms with Gasteiger partial charge in [0, 0.05) is 12.0 Å². The molecular formula is C21H31N3O3. The van der Waals surface area contributed by atoms with Gasteiger partial charge in [0.1, 0.15) is 5.75 Å². The zero-order valence-corrected chi connectivity index (χ0v) is 16.4. The summed E-state index contributed by atoms with van der Waals surface area (Å²) in [4.78, 5) is 27.3. The monoisotopic (exact) mass is 373 g/mol. The largest absolute Gasteiger partial charge is 0.495 e. The number of benzene rings is 1. The molecule has 1 aromatic carbocycles. The standard InChI is InChI=1S/C21H31N3O3/c1-15(20(25)22-17-7-3-4-8-17)24-13-11-16(12-14-24)21(26)23-18-9-5-6-10-19(18)27-2/h5-6,9-10,15-17H,3-4,7-8,11-14H2,1-2H3,(H,22,25)(H,23,26). The highest BCUT2D eigenvalue weighted by Gasteiger charge is 2.31. The Morgan fingerprint density at radius 3 is 2.44 bits per heavy atom. The van der Waals surface area contributed by atoms with Crippen LogP contribution in [0.25, 0.3) is 0 Å². The van der Waals surface area contributed by atoms with E-state index >= 15 is 0 Å². The predicted molar refractivity (Wildman–Crippen MR) is 106 cm³/mol. The third-order valence-corrected chi connectivity index (χ3v) is 5.89. The molecule has 0 bridgehead atoms. The van der Waals surface area contributed by atoms with Gasteiger partial charge in [0.15, 0.2) is 0 Å². The lowest BCUT2D eigenvalue weighted by molar-refractivity contribution is -0.127. The van der Waals surface area contributed by atoms with Crippen molar-refractivity contribution < 1.29 is 14.3 Å². The molecule has 2 fully saturated rings. The van der Waals surface area contributed by atoms with E-state index in [0.29, 0.717) is 17.5 Å². The molecule has 6 heteroatoms. The van der Waals surface area contributed by atoms with E-state index in [4.69, 9.17) is 4.74 Å². The summed E-state index contributed by atoms with van der Waals surface area (Å²) in [6, 6.07) is 7.66. The molecule has 1 saturated carbocycles. The number of hydrogen-bond donors (Lipinski definition) is 2. The van der Waals surface area contributed by atoms with Crippen LogP contribution < -0.4 is 15.4 Å². The third kappa shape index (κ3) is 5.01. The fourth-order valence-corrected chi connectivity index (χ4v) is 4.09. The zero-order valence-electron chi connectivity index (χ0n) is 16.4. The van der Waals surface area contributed by atoms with E-state index in [1.54, 1.807) is 7.11 Å². The lowest BCUT2D eigenvalue weighted by atomic mass is 9.94. The van der Waals surface area contributed by atoms with Gasteiger partial charge in [-0.1, -0.05) is 25.0 Å². The second kappa shape index (κ2) is 9.22. The fourth-order valence-electron chi connectivity index (χ4n) is 4.09. The van der Waals surface area contributed by atoms with Crippen molar-refractivity contribution in [3.8, 4) is 5.75 Å². The Morgan fingerprint density at radius 2 is 1.78 bits per heavy atom. The summed E-state index contributed by atoms with van der Waals surface area (Å²) < 4.78 is 5.30. The molecule has 2 N–H and O–H groups in total. The van der Waals surface area contributed by atoms with Gasteiger partial charge in [0.25, 0.3) is 0 Å². The van der Waals surface area contributed by atoms with Crippen LogP contribution in [-0.4, -0.2) is 49.0 Å². The summed E-state index contributed by atoms with van der Waals surface area (Å²) in [5.74, 6) is 0.790. The average molecular weight is 373 g/mol. The molecular weight excluding hydrogens is 342 g/mol. The minimum absolute atomic E-state index is 0.0298. The van der Waals surface area contributed by atoms with Gasteiger partial charge in [-0.15, -0.1) is 0 Å². The Balaban J connectivity index is 1.47. The molecule has 0 spiro atoms. The number of nitrogens with one attached hydrogen (secondary N) is 2. The average Bonchev–Trinajstić information content (AvgIpc) is 3.21. The van der Waals surface area contributed by atoms with E-state index < -0.39 is 0 Å². The molecule has 148 valence electrons. The predicted octanol–water partition coefficient (Wildman–Crippen LogP) is 2.79. The van der Waals surface area contributed by atoms with Gasteiger partial charge < -0.3 is 15.4 Å². The SMILES string of the molecule is COc1ccccc1NC(=O)C1CCN(C(C)C(=O)NC2CCCC2)CC1. The van der Waals surface area contributed by atoms with Crippen LogP contribution in [0.2, 0.25) is 0 Å². The molecule has 1 aliphatic heterocycles. The fraction of sp³-hybridized carbons (Fsp3) is 0.619. The summed E-state index contributed by atoms with van der Waals surface area (Å²) in [5.41, 5.74) is 0.705. The molecule has 27 heavy (non-hydrogen) atoms. The van der Waals surface area contributed by atoms with E-state index in [9.17, 15) is 9.59 Å². The van der Waals surface area contributed by atoms with Crippen molar-refractivity contribution in [1.82, 2.24) is 10.2 Å². The highest BCUT2D eigenvalue weighted by atomic mass is 16.5. The minimum Gasteiger partial charge on any atom is -0.495 e. The van der Waals surface area contributed by atoms with Crippen molar-refractivity contribution >= 4 is 17.5 Å². The van der Waals surface area contributed by atoms with Crippen LogP contribution in [-0.2, 0) is 9.59 Å². The maximum atomic E-state index is 12.6. The zero-order chi connectivity index (χ0) is 19.2. The van der Waals surface area contributed by atoms with Crippen LogP contribution in [0.1, 0.15) is 45.4 Å². The number of amides is 2. The van der Waals surface area contributed by atoms with Crippen LogP contribution in [0.3, 0.4) is 0 Å². The summed E-state index contributed by atoms with van der Waals surface area (Å²) in [7, 11) is 1.60. The maximum Gasteiger partial charge on any atom is 0.237 e. The molecule has 1 atom stereocenters. The van der Waals surface area contributed by atoms with Crippen LogP contribution >= 0.6 is 0 Å². The van der Waals surface area contributed by atoms with E-state index in [-0.39, 0.29) is 23.8 Å². The quantitative estimate of drug-likeness (QED) is 0.804. The van der Waals surface area contributed by atoms with Gasteiger partial charge in [0.05, 0.1) is 18.8 Å². The molecule has 3 rings (SSSR count). The van der Waals surface area contributed by atoms with Crippen LogP contribution in [0.4, 0.5) is 5.69 Å². The number of anilines is 1. The Bertz CT molecular complexity index is 650. The first-order chi connectivity index (χ1) is 13.1. The lowest BCUT2D eigenvalue weighted by Crippen LogP contribution is -2.50. The minimum atomic E-state index is -0.135. The molecule has 1 aromatic rings. The number of piperidine rings is 1. The first kappa shape index (κ1) is 19.7. The number of nitrogens with zero attached hydrogens (tertiary/aromatic N) is 1. The first-order valence-electron chi connectivity index (χ1n) is 10.1. The highest BCUT2D eigenvalue weighted by molar-refractivity contribution is 5.94. The molecule has 2 aliphatic rings. The Hall–Kier alpha value is -2.08. The molecule has 0 aromatic heterocycles. The molecule has 1 heterocycles. The molecule has 0 radical (unpaired) electrons. The number of methoxy groups -OCH3 is 1. The third-order valence-electron chi connectivity index (χ3n) is 5.89. The van der Waals surface area contributed by atoms with Crippen molar-refractivity contribution in [3.63, 3.8) is 0 Å². The number of rotatable bonds is 6. The number of likely N-dealkylation sites (tertiary alicyclic amines) is 1. The van der Waals surface area contributed by atoms with Gasteiger partial charge in [0.2, 0.25) is 11.8 Å². The molecule has 1 unspecified atom stereocenters. The van der Waals surface area contributed by atoms with Crippen molar-refractivity contribution in [3.05, 3.63) is 24.3 Å². The Morgan fingerprint density at radius 1 is 1.11 bits per heavy atom. The number of carbonyl (C=O) groups is 2. The second-order valence-electron chi connectivity index (χ2n) is 7.67. The summed E-state index contributed by atoms with van der Waals surface area (Å²) in [6.07, 6.45) is 6.16. The van der Waals surface area contributed by atoms with E-state index in [1.807, 2.05) is 31.2 Å². The summed E-state index contributed by atoms with van der Waals surface area (Å²) in [6.45, 7) is 3.51. The van der Waals surface area contributed by atoms with Gasteiger partial charge in [-0.25, -0.2) is 0 Å². The highest BCUT2D eigenvalue weighted by Crippen LogP contribution is 2.26. The van der Waals surface area contributed by atoms with E-state index in [0.717, 1.165) is 38.8 Å². The van der Waals surface area contributed by atoms with Gasteiger partial charge in [-0.3, -0.25) is 14.5 Å². The number of para-hydroxylation sites is 2. The number of hydrogen-bond acceptors (Lipinski definition) is 4. The molecule has 6 nitrogen and oxygen atoms in total. The molecule has 2 amide bonds. The van der Waals surface area contributed by atoms with Crippen LogP contribution in [0, 0.1) is 5.92 Å². The van der Waals surface area contributed by atoms with Crippen molar-refractivity contribution in [2.45, 2.75) is 57.5 Å². The Labute approximate surface area is 161 Å². The van der Waals surface area contributed by atoms with Crippen LogP contribution in [0.5, 0.6) is 5.75 Å². The van der Waals surface area contributed by atoms with Gasteiger partial charge >= 0.3 is 0 Å². The molecule has 1 aliphatic carbocycles. The van der Waals surface area contributed by atoms with E-state index in [1.165, 1.54) is 12.8 Å². The molecule has 1 saturated heterocycles. The Kier molecular flexibility index (Phi) is 6.72. The topological polar surface area (TPSA) is 70.7 Å².